The second kappa shape index (κ2) is 9.51. The third-order valence-corrected chi connectivity index (χ3v) is 12.3. The van der Waals surface area contributed by atoms with E-state index in [1.165, 1.54) is 132 Å². The average Bonchev–Trinajstić information content (AvgIpc) is 3.84. The van der Waals surface area contributed by atoms with Crippen LogP contribution in [0.4, 0.5) is 0 Å². The van der Waals surface area contributed by atoms with Crippen molar-refractivity contribution in [2.75, 3.05) is 0 Å². The highest BCUT2D eigenvalue weighted by atomic mass is 14.3. The summed E-state index contributed by atoms with van der Waals surface area (Å²) >= 11 is 0. The second-order valence-corrected chi connectivity index (χ2v) is 14.7. The summed E-state index contributed by atoms with van der Waals surface area (Å²) in [6.45, 7) is 0. The van der Waals surface area contributed by atoms with Gasteiger partial charge in [-0.25, -0.2) is 0 Å². The fraction of sp³-hybridized carbons (Fsp3) is 0. The summed E-state index contributed by atoms with van der Waals surface area (Å²) in [6, 6.07) is 64.1. The predicted octanol–water partition coefficient (Wildman–Crippen LogP) is 14.6. The van der Waals surface area contributed by atoms with Crippen molar-refractivity contribution in [3.63, 3.8) is 0 Å². The summed E-state index contributed by atoms with van der Waals surface area (Å²) in [5.41, 5.74) is 21.2. The van der Waals surface area contributed by atoms with Gasteiger partial charge in [-0.1, -0.05) is 164 Å². The van der Waals surface area contributed by atoms with Gasteiger partial charge in [-0.3, -0.25) is 0 Å². The van der Waals surface area contributed by atoms with E-state index in [9.17, 15) is 0 Å². The molecule has 0 nitrogen and oxygen atoms in total. The fourth-order valence-electron chi connectivity index (χ4n) is 10.3. The zero-order valence-corrected chi connectivity index (χ0v) is 28.2. The lowest BCUT2D eigenvalue weighted by molar-refractivity contribution is 1.65. The molecule has 10 aromatic carbocycles. The van der Waals surface area contributed by atoms with Crippen LogP contribution in [0.25, 0.3) is 132 Å². The molecule has 0 heterocycles. The highest BCUT2D eigenvalue weighted by molar-refractivity contribution is 6.31. The van der Waals surface area contributed by atoms with E-state index in [0.29, 0.717) is 0 Å². The van der Waals surface area contributed by atoms with E-state index in [1.807, 2.05) is 0 Å². The molecule has 10 aromatic rings. The Bertz CT molecular complexity index is 3220. The quantitative estimate of drug-likeness (QED) is 0.163. The molecule has 0 amide bonds. The maximum absolute atomic E-state index is 2.46. The minimum atomic E-state index is 1.26. The third-order valence-electron chi connectivity index (χ3n) is 12.3. The summed E-state index contributed by atoms with van der Waals surface area (Å²) in [4.78, 5) is 0. The highest BCUT2D eigenvalue weighted by Crippen LogP contribution is 2.57. The first-order valence-electron chi connectivity index (χ1n) is 18.3. The van der Waals surface area contributed by atoms with Crippen molar-refractivity contribution in [1.29, 1.82) is 0 Å². The van der Waals surface area contributed by atoms with Crippen LogP contribution < -0.4 is 0 Å². The molecule has 0 saturated heterocycles. The van der Waals surface area contributed by atoms with Crippen molar-refractivity contribution in [1.82, 2.24) is 0 Å². The molecule has 3 aliphatic carbocycles. The highest BCUT2D eigenvalue weighted by Gasteiger charge is 2.29. The van der Waals surface area contributed by atoms with Crippen LogP contribution in [0.15, 0.2) is 170 Å². The van der Waals surface area contributed by atoms with E-state index < -0.39 is 0 Å². The molecule has 0 aliphatic heterocycles. The Balaban J connectivity index is 1.07. The van der Waals surface area contributed by atoms with Gasteiger partial charge in [-0.05, 0) is 138 Å². The number of rotatable bonds is 2. The van der Waals surface area contributed by atoms with Gasteiger partial charge in [0, 0.05) is 0 Å². The molecule has 0 atom stereocenters. The maximum Gasteiger partial charge on any atom is -0.00137 e. The van der Waals surface area contributed by atoms with E-state index in [0.717, 1.165) is 0 Å². The van der Waals surface area contributed by atoms with Gasteiger partial charge >= 0.3 is 0 Å². The third kappa shape index (κ3) is 3.20. The molecular weight excluding hydrogens is 625 g/mol. The zero-order chi connectivity index (χ0) is 33.7. The lowest BCUT2D eigenvalue weighted by Gasteiger charge is -2.17. The van der Waals surface area contributed by atoms with Crippen molar-refractivity contribution in [3.8, 4) is 89.0 Å². The summed E-state index contributed by atoms with van der Waals surface area (Å²) in [7, 11) is 0. The largest absolute Gasteiger partial charge is 0.0616 e. The molecule has 0 bridgehead atoms. The molecule has 13 rings (SSSR count). The SMILES string of the molecule is c1ccc2c(c1)-c1cccc3c(-c4ccc5c(c4)-c4cccc6c(-c7ccc8c9c(cccc79)-c7ccccc7-8)c7ccccc7c-5c46)ccc-2c13. The first-order chi connectivity index (χ1) is 25.8. The molecular formula is C52H28. The molecule has 0 spiro atoms. The molecule has 0 radical (unpaired) electrons. The summed E-state index contributed by atoms with van der Waals surface area (Å²) < 4.78 is 0. The molecule has 3 aliphatic rings. The molecule has 0 aromatic heterocycles. The first-order valence-corrected chi connectivity index (χ1v) is 18.3. The Morgan fingerprint density at radius 2 is 0.596 bits per heavy atom. The van der Waals surface area contributed by atoms with Crippen LogP contribution in [-0.2, 0) is 0 Å². The minimum absolute atomic E-state index is 1.26. The molecule has 0 fully saturated rings. The average molecular weight is 653 g/mol. The smallest absolute Gasteiger partial charge is 0.00137 e. The first kappa shape index (κ1) is 27.0. The normalized spacial score (nSPS) is 12.6. The molecule has 0 unspecified atom stereocenters. The van der Waals surface area contributed by atoms with E-state index in [-0.39, 0.29) is 0 Å². The topological polar surface area (TPSA) is 0 Å². The van der Waals surface area contributed by atoms with Crippen LogP contribution in [0.2, 0.25) is 0 Å². The van der Waals surface area contributed by atoms with Gasteiger partial charge in [0.15, 0.2) is 0 Å². The van der Waals surface area contributed by atoms with E-state index >= 15 is 0 Å². The van der Waals surface area contributed by atoms with E-state index in [1.54, 1.807) is 0 Å². The van der Waals surface area contributed by atoms with Crippen molar-refractivity contribution in [2.45, 2.75) is 0 Å². The summed E-state index contributed by atoms with van der Waals surface area (Å²) in [5, 5.41) is 10.7. The van der Waals surface area contributed by atoms with Crippen LogP contribution >= 0.6 is 0 Å². The summed E-state index contributed by atoms with van der Waals surface area (Å²) in [6.07, 6.45) is 0. The maximum atomic E-state index is 2.46. The number of hydrogen-bond donors (Lipinski definition) is 0. The van der Waals surface area contributed by atoms with Crippen molar-refractivity contribution in [3.05, 3.63) is 170 Å². The van der Waals surface area contributed by atoms with Crippen molar-refractivity contribution < 1.29 is 0 Å². The van der Waals surface area contributed by atoms with Crippen molar-refractivity contribution >= 4 is 43.1 Å². The second-order valence-electron chi connectivity index (χ2n) is 14.7. The van der Waals surface area contributed by atoms with Crippen LogP contribution in [0.1, 0.15) is 0 Å². The van der Waals surface area contributed by atoms with Crippen LogP contribution in [0.5, 0.6) is 0 Å². The molecule has 236 valence electrons. The van der Waals surface area contributed by atoms with Gasteiger partial charge in [0.25, 0.3) is 0 Å². The van der Waals surface area contributed by atoms with Crippen LogP contribution in [-0.4, -0.2) is 0 Å². The lowest BCUT2D eigenvalue weighted by Crippen LogP contribution is -1.90. The van der Waals surface area contributed by atoms with Gasteiger partial charge in [-0.2, -0.15) is 0 Å². The van der Waals surface area contributed by atoms with Gasteiger partial charge in [-0.15, -0.1) is 0 Å². The molecule has 0 heteroatoms. The predicted molar refractivity (Wildman–Crippen MR) is 221 cm³/mol. The zero-order valence-electron chi connectivity index (χ0n) is 28.2. The van der Waals surface area contributed by atoms with Crippen molar-refractivity contribution in [2.24, 2.45) is 0 Å². The van der Waals surface area contributed by atoms with Gasteiger partial charge in [0.2, 0.25) is 0 Å². The van der Waals surface area contributed by atoms with Gasteiger partial charge in [0.05, 0.1) is 0 Å². The number of fused-ring (bicyclic) bond motifs is 11. The summed E-state index contributed by atoms with van der Waals surface area (Å²) in [5.74, 6) is 0. The molecule has 0 N–H and O–H groups in total. The Morgan fingerprint density at radius 3 is 1.21 bits per heavy atom. The fourth-order valence-corrected chi connectivity index (χ4v) is 10.3. The Hall–Kier alpha value is -6.76. The number of hydrogen-bond acceptors (Lipinski definition) is 0. The van der Waals surface area contributed by atoms with Gasteiger partial charge in [0.1, 0.15) is 0 Å². The lowest BCUT2D eigenvalue weighted by atomic mass is 9.85. The monoisotopic (exact) mass is 652 g/mol. The Labute approximate surface area is 300 Å². The van der Waals surface area contributed by atoms with Gasteiger partial charge < -0.3 is 0 Å². The number of benzene rings is 10. The minimum Gasteiger partial charge on any atom is -0.0616 e. The van der Waals surface area contributed by atoms with Crippen LogP contribution in [0.3, 0.4) is 0 Å². The van der Waals surface area contributed by atoms with Crippen LogP contribution in [0, 0.1) is 0 Å². The molecule has 0 saturated carbocycles. The standard InChI is InChI=1S/C52H28/c1-3-12-33-31(10-1)36-17-7-16-35-30(24-25-42(33)48(35)36)29-22-23-45-47(28-29)41-20-9-21-46-50(38-14-5-6-15-40(38)51(45)52(41)46)44-27-26-43-34-13-4-2-11-32(34)37-18-8-19-39(44)49(37)43/h1-28H. The van der Waals surface area contributed by atoms with E-state index in [2.05, 4.69) is 170 Å². The Morgan fingerprint density at radius 1 is 0.192 bits per heavy atom. The van der Waals surface area contributed by atoms with E-state index in [4.69, 9.17) is 0 Å². The molecule has 52 heavy (non-hydrogen) atoms. The Kier molecular flexibility index (Phi) is 4.94.